The number of rotatable bonds is 3. The van der Waals surface area contributed by atoms with Gasteiger partial charge in [-0.15, -0.1) is 0 Å². The van der Waals surface area contributed by atoms with Gasteiger partial charge in [0, 0.05) is 5.69 Å². The molecular formula is C13H17BrFNO2. The van der Waals surface area contributed by atoms with Gasteiger partial charge < -0.3 is 10.1 Å². The van der Waals surface area contributed by atoms with Crippen LogP contribution in [0.2, 0.25) is 0 Å². The standard InChI is InChI=1S/C13H17BrFNO2/c1-8-5-9(14)10(15)6-11(8)16-7-12(17)18-13(2,3)4/h5-6,16H,7H2,1-4H3. The van der Waals surface area contributed by atoms with E-state index in [0.717, 1.165) is 5.56 Å². The Morgan fingerprint density at radius 1 is 1.44 bits per heavy atom. The van der Waals surface area contributed by atoms with Crippen molar-refractivity contribution in [2.75, 3.05) is 11.9 Å². The highest BCUT2D eigenvalue weighted by molar-refractivity contribution is 9.10. The topological polar surface area (TPSA) is 38.3 Å². The molecule has 0 fully saturated rings. The van der Waals surface area contributed by atoms with E-state index in [4.69, 9.17) is 4.74 Å². The summed E-state index contributed by atoms with van der Waals surface area (Å²) < 4.78 is 18.9. The fourth-order valence-electron chi connectivity index (χ4n) is 1.38. The Morgan fingerprint density at radius 2 is 2.06 bits per heavy atom. The van der Waals surface area contributed by atoms with Crippen molar-refractivity contribution in [1.82, 2.24) is 0 Å². The van der Waals surface area contributed by atoms with Crippen molar-refractivity contribution in [3.8, 4) is 0 Å². The van der Waals surface area contributed by atoms with Crippen LogP contribution in [0.25, 0.3) is 0 Å². The molecule has 1 aromatic rings. The SMILES string of the molecule is Cc1cc(Br)c(F)cc1NCC(=O)OC(C)(C)C. The number of carbonyl (C=O) groups excluding carboxylic acids is 1. The Morgan fingerprint density at radius 3 is 2.61 bits per heavy atom. The molecule has 0 saturated carbocycles. The summed E-state index contributed by atoms with van der Waals surface area (Å²) in [7, 11) is 0. The Hall–Kier alpha value is -1.10. The summed E-state index contributed by atoms with van der Waals surface area (Å²) in [6.07, 6.45) is 0. The molecule has 100 valence electrons. The number of esters is 1. The molecule has 0 aliphatic carbocycles. The van der Waals surface area contributed by atoms with Crippen LogP contribution >= 0.6 is 15.9 Å². The minimum absolute atomic E-state index is 0.0131. The quantitative estimate of drug-likeness (QED) is 0.865. The lowest BCUT2D eigenvalue weighted by Gasteiger charge is -2.20. The molecule has 1 aromatic carbocycles. The third-order valence-electron chi connectivity index (χ3n) is 2.11. The van der Waals surface area contributed by atoms with Crippen LogP contribution in [-0.4, -0.2) is 18.1 Å². The second kappa shape index (κ2) is 5.69. The average molecular weight is 318 g/mol. The lowest BCUT2D eigenvalue weighted by atomic mass is 10.2. The third-order valence-corrected chi connectivity index (χ3v) is 2.72. The van der Waals surface area contributed by atoms with Crippen molar-refractivity contribution in [3.63, 3.8) is 0 Å². The van der Waals surface area contributed by atoms with Crippen LogP contribution in [0.3, 0.4) is 0 Å². The first-order valence-electron chi connectivity index (χ1n) is 5.60. The minimum Gasteiger partial charge on any atom is -0.459 e. The van der Waals surface area contributed by atoms with Crippen molar-refractivity contribution in [1.29, 1.82) is 0 Å². The van der Waals surface area contributed by atoms with E-state index in [1.807, 2.05) is 6.92 Å². The Balaban J connectivity index is 2.64. The van der Waals surface area contributed by atoms with E-state index in [1.165, 1.54) is 6.07 Å². The molecule has 0 aromatic heterocycles. The molecule has 0 unspecified atom stereocenters. The number of halogens is 2. The summed E-state index contributed by atoms with van der Waals surface area (Å²) in [6, 6.07) is 3.01. The summed E-state index contributed by atoms with van der Waals surface area (Å²) in [5.41, 5.74) is 0.923. The fourth-order valence-corrected chi connectivity index (χ4v) is 1.84. The van der Waals surface area contributed by atoms with Crippen molar-refractivity contribution < 1.29 is 13.9 Å². The van der Waals surface area contributed by atoms with Gasteiger partial charge in [-0.1, -0.05) is 0 Å². The molecule has 3 nitrogen and oxygen atoms in total. The Kier molecular flexibility index (Phi) is 4.73. The van der Waals surface area contributed by atoms with E-state index in [2.05, 4.69) is 21.2 Å². The first-order valence-corrected chi connectivity index (χ1v) is 6.40. The van der Waals surface area contributed by atoms with E-state index in [-0.39, 0.29) is 18.3 Å². The normalized spacial score (nSPS) is 11.2. The van der Waals surface area contributed by atoms with Crippen LogP contribution in [0, 0.1) is 12.7 Å². The lowest BCUT2D eigenvalue weighted by molar-refractivity contribution is -0.152. The Bertz CT molecular complexity index is 455. The summed E-state index contributed by atoms with van der Waals surface area (Å²) in [4.78, 5) is 11.5. The van der Waals surface area contributed by atoms with Crippen LogP contribution in [0.4, 0.5) is 10.1 Å². The largest absolute Gasteiger partial charge is 0.459 e. The highest BCUT2D eigenvalue weighted by atomic mass is 79.9. The minimum atomic E-state index is -0.515. The lowest BCUT2D eigenvalue weighted by Crippen LogP contribution is -2.28. The predicted octanol–water partition coefficient (Wildman–Crippen LogP) is 3.65. The molecule has 0 aliphatic heterocycles. The van der Waals surface area contributed by atoms with Gasteiger partial charge in [0.2, 0.25) is 0 Å². The Labute approximate surface area is 115 Å². The number of carbonyl (C=O) groups is 1. The molecule has 5 heteroatoms. The highest BCUT2D eigenvalue weighted by Gasteiger charge is 2.16. The number of benzene rings is 1. The number of anilines is 1. The fraction of sp³-hybridized carbons (Fsp3) is 0.462. The van der Waals surface area contributed by atoms with Gasteiger partial charge in [0.25, 0.3) is 0 Å². The van der Waals surface area contributed by atoms with E-state index in [0.29, 0.717) is 10.2 Å². The van der Waals surface area contributed by atoms with Gasteiger partial charge >= 0.3 is 5.97 Å². The van der Waals surface area contributed by atoms with E-state index < -0.39 is 5.60 Å². The van der Waals surface area contributed by atoms with Gasteiger partial charge in [-0.2, -0.15) is 0 Å². The van der Waals surface area contributed by atoms with Crippen LogP contribution in [0.1, 0.15) is 26.3 Å². The van der Waals surface area contributed by atoms with Gasteiger partial charge in [-0.25, -0.2) is 4.39 Å². The summed E-state index contributed by atoms with van der Waals surface area (Å²) in [5.74, 6) is -0.738. The average Bonchev–Trinajstić information content (AvgIpc) is 2.19. The third kappa shape index (κ3) is 4.64. The summed E-state index contributed by atoms with van der Waals surface area (Å²) in [5, 5.41) is 2.87. The number of nitrogens with one attached hydrogen (secondary N) is 1. The summed E-state index contributed by atoms with van der Waals surface area (Å²) >= 11 is 3.11. The number of hydrogen-bond donors (Lipinski definition) is 1. The zero-order valence-corrected chi connectivity index (χ0v) is 12.5. The van der Waals surface area contributed by atoms with Crippen molar-refractivity contribution in [2.45, 2.75) is 33.3 Å². The first-order chi connectivity index (χ1) is 8.19. The predicted molar refractivity (Wildman–Crippen MR) is 73.2 cm³/mol. The number of hydrogen-bond acceptors (Lipinski definition) is 3. The molecule has 0 aliphatic rings. The molecule has 0 amide bonds. The second-order valence-electron chi connectivity index (χ2n) is 5.02. The molecular weight excluding hydrogens is 301 g/mol. The van der Waals surface area contributed by atoms with E-state index >= 15 is 0 Å². The zero-order valence-electron chi connectivity index (χ0n) is 10.9. The zero-order chi connectivity index (χ0) is 13.9. The molecule has 0 radical (unpaired) electrons. The molecule has 0 heterocycles. The monoisotopic (exact) mass is 317 g/mol. The molecule has 0 bridgehead atoms. The van der Waals surface area contributed by atoms with Crippen molar-refractivity contribution in [2.24, 2.45) is 0 Å². The van der Waals surface area contributed by atoms with Gasteiger partial charge in [0.1, 0.15) is 18.0 Å². The number of aryl methyl sites for hydroxylation is 1. The van der Waals surface area contributed by atoms with Gasteiger partial charge in [0.15, 0.2) is 0 Å². The smallest absolute Gasteiger partial charge is 0.325 e. The number of ether oxygens (including phenoxy) is 1. The van der Waals surface area contributed by atoms with E-state index in [9.17, 15) is 9.18 Å². The molecule has 0 spiro atoms. The van der Waals surface area contributed by atoms with Crippen LogP contribution in [-0.2, 0) is 9.53 Å². The molecule has 1 N–H and O–H groups in total. The molecule has 1 rings (SSSR count). The van der Waals surface area contributed by atoms with Crippen LogP contribution in [0.15, 0.2) is 16.6 Å². The van der Waals surface area contributed by atoms with Crippen molar-refractivity contribution >= 4 is 27.6 Å². The van der Waals surface area contributed by atoms with Gasteiger partial charge in [0.05, 0.1) is 4.47 Å². The van der Waals surface area contributed by atoms with Crippen LogP contribution < -0.4 is 5.32 Å². The van der Waals surface area contributed by atoms with Gasteiger partial charge in [-0.3, -0.25) is 4.79 Å². The maximum Gasteiger partial charge on any atom is 0.325 e. The molecule has 0 atom stereocenters. The van der Waals surface area contributed by atoms with Crippen LogP contribution in [0.5, 0.6) is 0 Å². The van der Waals surface area contributed by atoms with Crippen molar-refractivity contribution in [3.05, 3.63) is 28.0 Å². The second-order valence-corrected chi connectivity index (χ2v) is 5.88. The maximum atomic E-state index is 13.4. The molecule has 18 heavy (non-hydrogen) atoms. The first kappa shape index (κ1) is 15.0. The summed E-state index contributed by atoms with van der Waals surface area (Å²) in [6.45, 7) is 7.25. The van der Waals surface area contributed by atoms with E-state index in [1.54, 1.807) is 26.8 Å². The van der Waals surface area contributed by atoms with Gasteiger partial charge in [-0.05, 0) is 61.3 Å². The molecule has 0 saturated heterocycles. The highest BCUT2D eigenvalue weighted by Crippen LogP contribution is 2.23. The maximum absolute atomic E-state index is 13.4.